The summed E-state index contributed by atoms with van der Waals surface area (Å²) in [5.41, 5.74) is 10.6. The van der Waals surface area contributed by atoms with Crippen LogP contribution in [0.4, 0.5) is 0 Å². The van der Waals surface area contributed by atoms with Crippen LogP contribution in [0.2, 0.25) is 5.02 Å². The minimum Gasteiger partial charge on any atom is -0.291 e. The molecule has 7 aromatic rings. The van der Waals surface area contributed by atoms with Crippen LogP contribution in [-0.2, 0) is 0 Å². The number of hydrogen-bond donors (Lipinski definition) is 0. The summed E-state index contributed by atoms with van der Waals surface area (Å²) in [5.74, 6) is 0.837. The van der Waals surface area contributed by atoms with E-state index in [1.54, 1.807) is 0 Å². The highest BCUT2D eigenvalue weighted by Crippen LogP contribution is 2.45. The molecular weight excluding hydrogens is 588 g/mol. The molecule has 4 heteroatoms. The van der Waals surface area contributed by atoms with E-state index in [-0.39, 0.29) is 0 Å². The van der Waals surface area contributed by atoms with E-state index in [1.165, 1.54) is 0 Å². The highest BCUT2D eigenvalue weighted by atomic mass is 79.9. The minimum atomic E-state index is 0.639. The Morgan fingerprint density at radius 3 is 1.68 bits per heavy atom. The largest absolute Gasteiger partial charge is 0.291 e. The number of aromatic nitrogens is 2. The van der Waals surface area contributed by atoms with Gasteiger partial charge in [0.15, 0.2) is 0 Å². The Hall–Kier alpha value is -4.44. The molecule has 0 spiro atoms. The molecule has 0 amide bonds. The molecule has 0 saturated heterocycles. The van der Waals surface area contributed by atoms with Crippen molar-refractivity contribution in [2.24, 2.45) is 0 Å². The van der Waals surface area contributed by atoms with Crippen molar-refractivity contribution in [3.8, 4) is 50.5 Å². The molecule has 41 heavy (non-hydrogen) atoms. The van der Waals surface area contributed by atoms with Crippen LogP contribution in [0, 0.1) is 0 Å². The molecule has 0 aliphatic rings. The number of rotatable bonds is 5. The van der Waals surface area contributed by atoms with Gasteiger partial charge in [-0.3, -0.25) is 4.57 Å². The summed E-state index contributed by atoms with van der Waals surface area (Å²) in [6.07, 6.45) is 0. The van der Waals surface area contributed by atoms with Gasteiger partial charge in [-0.2, -0.15) is 0 Å². The number of para-hydroxylation sites is 2. The van der Waals surface area contributed by atoms with Crippen molar-refractivity contribution in [2.45, 2.75) is 0 Å². The third kappa shape index (κ3) is 4.67. The number of fused-ring (bicyclic) bond motifs is 1. The number of hydrogen-bond acceptors (Lipinski definition) is 1. The molecule has 2 nitrogen and oxygen atoms in total. The maximum absolute atomic E-state index is 6.97. The molecule has 0 atom stereocenters. The molecule has 0 fully saturated rings. The summed E-state index contributed by atoms with van der Waals surface area (Å²) < 4.78 is 3.03. The van der Waals surface area contributed by atoms with Gasteiger partial charge in [0.05, 0.1) is 21.7 Å². The normalized spacial score (nSPS) is 11.2. The maximum Gasteiger partial charge on any atom is 0.147 e. The lowest BCUT2D eigenvalue weighted by Gasteiger charge is -2.20. The van der Waals surface area contributed by atoms with Crippen LogP contribution >= 0.6 is 27.5 Å². The van der Waals surface area contributed by atoms with Gasteiger partial charge < -0.3 is 0 Å². The van der Waals surface area contributed by atoms with E-state index in [2.05, 4.69) is 136 Å². The molecule has 0 aliphatic heterocycles. The molecule has 0 aliphatic carbocycles. The van der Waals surface area contributed by atoms with E-state index in [9.17, 15) is 0 Å². The van der Waals surface area contributed by atoms with Crippen LogP contribution in [0.1, 0.15) is 0 Å². The van der Waals surface area contributed by atoms with Crippen LogP contribution in [0.3, 0.4) is 0 Å². The lowest BCUT2D eigenvalue weighted by atomic mass is 9.87. The van der Waals surface area contributed by atoms with Gasteiger partial charge in [0, 0.05) is 10.0 Å². The first-order chi connectivity index (χ1) is 20.2. The Bertz CT molecular complexity index is 1940. The zero-order valence-corrected chi connectivity index (χ0v) is 24.3. The Morgan fingerprint density at radius 1 is 0.537 bits per heavy atom. The number of benzene rings is 6. The van der Waals surface area contributed by atoms with Crippen LogP contribution < -0.4 is 0 Å². The van der Waals surface area contributed by atoms with Gasteiger partial charge in [0.2, 0.25) is 0 Å². The summed E-state index contributed by atoms with van der Waals surface area (Å²) in [6.45, 7) is 0. The molecular formula is C37H24BrClN2. The van der Waals surface area contributed by atoms with Crippen molar-refractivity contribution in [1.82, 2.24) is 9.55 Å². The van der Waals surface area contributed by atoms with E-state index < -0.39 is 0 Å². The van der Waals surface area contributed by atoms with Gasteiger partial charge in [-0.1, -0.05) is 121 Å². The zero-order chi connectivity index (χ0) is 27.8. The molecule has 0 N–H and O–H groups in total. The monoisotopic (exact) mass is 610 g/mol. The van der Waals surface area contributed by atoms with Gasteiger partial charge >= 0.3 is 0 Å². The van der Waals surface area contributed by atoms with Crippen LogP contribution in [-0.4, -0.2) is 9.55 Å². The fourth-order valence-corrected chi connectivity index (χ4v) is 6.04. The molecule has 1 aromatic heterocycles. The second-order valence-corrected chi connectivity index (χ2v) is 11.1. The smallest absolute Gasteiger partial charge is 0.147 e. The summed E-state index contributed by atoms with van der Waals surface area (Å²) in [6, 6.07) is 50.5. The summed E-state index contributed by atoms with van der Waals surface area (Å²) in [5, 5.41) is 0.639. The summed E-state index contributed by atoms with van der Waals surface area (Å²) in [4.78, 5) is 5.29. The van der Waals surface area contributed by atoms with Crippen LogP contribution in [0.5, 0.6) is 0 Å². The summed E-state index contributed by atoms with van der Waals surface area (Å²) in [7, 11) is 0. The van der Waals surface area contributed by atoms with Crippen molar-refractivity contribution in [1.29, 1.82) is 0 Å². The SMILES string of the molecule is Clc1c(Br)cccc1-n1c(-c2c(-c3ccccc3)cc(-c3ccccc3)cc2-c2ccccc2)nc2ccccc21. The standard InChI is InChI=1S/C37H24BrClN2/c38-31-19-12-22-34(36(31)39)41-33-21-11-10-20-32(33)40-37(41)35-29(26-15-6-2-7-16-26)23-28(25-13-4-1-5-14-25)24-30(35)27-17-8-3-9-18-27/h1-24H. The van der Waals surface area contributed by atoms with Crippen molar-refractivity contribution < 1.29 is 0 Å². The first kappa shape index (κ1) is 25.5. The van der Waals surface area contributed by atoms with Crippen molar-refractivity contribution in [3.63, 3.8) is 0 Å². The number of imidazole rings is 1. The van der Waals surface area contributed by atoms with Gasteiger partial charge in [0.1, 0.15) is 5.82 Å². The van der Waals surface area contributed by atoms with E-state index >= 15 is 0 Å². The number of nitrogens with zero attached hydrogens (tertiary/aromatic N) is 2. The third-order valence-corrected chi connectivity index (χ3v) is 8.66. The molecule has 0 radical (unpaired) electrons. The lowest BCUT2D eigenvalue weighted by Crippen LogP contribution is -2.02. The maximum atomic E-state index is 6.97. The fourth-order valence-electron chi connectivity index (χ4n) is 5.47. The van der Waals surface area contributed by atoms with E-state index in [0.29, 0.717) is 5.02 Å². The summed E-state index contributed by atoms with van der Waals surface area (Å²) >= 11 is 10.6. The molecule has 0 unspecified atom stereocenters. The molecule has 1 heterocycles. The Labute approximate surface area is 252 Å². The van der Waals surface area contributed by atoms with Gasteiger partial charge in [0.25, 0.3) is 0 Å². The van der Waals surface area contributed by atoms with Gasteiger partial charge in [-0.05, 0) is 85.7 Å². The van der Waals surface area contributed by atoms with Gasteiger partial charge in [-0.15, -0.1) is 0 Å². The molecule has 0 saturated carbocycles. The van der Waals surface area contributed by atoms with Crippen LogP contribution in [0.15, 0.2) is 150 Å². The number of halogens is 2. The quantitative estimate of drug-likeness (QED) is 0.189. The van der Waals surface area contributed by atoms with E-state index in [1.807, 2.05) is 30.3 Å². The lowest BCUT2D eigenvalue weighted by molar-refractivity contribution is 1.10. The van der Waals surface area contributed by atoms with Crippen molar-refractivity contribution in [3.05, 3.63) is 155 Å². The second-order valence-electron chi connectivity index (χ2n) is 9.88. The molecule has 0 bridgehead atoms. The Morgan fingerprint density at radius 2 is 1.07 bits per heavy atom. The zero-order valence-electron chi connectivity index (χ0n) is 22.0. The molecule has 6 aromatic carbocycles. The highest BCUT2D eigenvalue weighted by molar-refractivity contribution is 9.10. The molecule has 7 rings (SSSR count). The molecule has 196 valence electrons. The van der Waals surface area contributed by atoms with Crippen LogP contribution in [0.25, 0.3) is 61.5 Å². The third-order valence-electron chi connectivity index (χ3n) is 7.37. The Balaban J connectivity index is 1.65. The van der Waals surface area contributed by atoms with E-state index in [4.69, 9.17) is 16.6 Å². The highest BCUT2D eigenvalue weighted by Gasteiger charge is 2.24. The van der Waals surface area contributed by atoms with E-state index in [0.717, 1.165) is 66.0 Å². The van der Waals surface area contributed by atoms with Crippen molar-refractivity contribution >= 4 is 38.6 Å². The predicted octanol–water partition coefficient (Wildman–Crippen LogP) is 11.1. The second kappa shape index (κ2) is 10.9. The Kier molecular flexibility index (Phi) is 6.76. The minimum absolute atomic E-state index is 0.639. The predicted molar refractivity (Wildman–Crippen MR) is 176 cm³/mol. The average Bonchev–Trinajstić information content (AvgIpc) is 3.42. The topological polar surface area (TPSA) is 17.8 Å². The van der Waals surface area contributed by atoms with Crippen molar-refractivity contribution in [2.75, 3.05) is 0 Å². The van der Waals surface area contributed by atoms with Gasteiger partial charge in [-0.25, -0.2) is 4.98 Å². The fraction of sp³-hybridized carbons (Fsp3) is 0. The first-order valence-electron chi connectivity index (χ1n) is 13.5. The first-order valence-corrected chi connectivity index (χ1v) is 14.6. The average molecular weight is 612 g/mol.